The first-order chi connectivity index (χ1) is 18.1. The van der Waals surface area contributed by atoms with E-state index in [4.69, 9.17) is 9.47 Å². The molecule has 4 rings (SSSR count). The Morgan fingerprint density at radius 2 is 1.87 bits per heavy atom. The Labute approximate surface area is 226 Å². The molecule has 0 atom stereocenters. The smallest absolute Gasteiger partial charge is 0.407 e. The molecule has 9 heteroatoms. The molecule has 1 aliphatic rings. The van der Waals surface area contributed by atoms with Gasteiger partial charge in [-0.15, -0.1) is 11.3 Å². The molecule has 2 N–H and O–H groups in total. The molecule has 8 nitrogen and oxygen atoms in total. The first-order valence-corrected chi connectivity index (χ1v) is 13.5. The molecule has 0 spiro atoms. The fraction of sp³-hybridized carbons (Fsp3) is 0.379. The van der Waals surface area contributed by atoms with Crippen LogP contribution in [0.4, 0.5) is 4.79 Å². The minimum Gasteiger partial charge on any atom is -0.494 e. The average Bonchev–Trinajstić information content (AvgIpc) is 3.30. The third kappa shape index (κ3) is 7.19. The third-order valence-electron chi connectivity index (χ3n) is 5.98. The van der Waals surface area contributed by atoms with Crippen molar-refractivity contribution in [3.63, 3.8) is 0 Å². The van der Waals surface area contributed by atoms with Crippen molar-refractivity contribution >= 4 is 29.2 Å². The van der Waals surface area contributed by atoms with Gasteiger partial charge in [0.1, 0.15) is 16.4 Å². The van der Waals surface area contributed by atoms with Crippen LogP contribution in [0.2, 0.25) is 0 Å². The number of carboxylic acids is 1. The number of amides is 1. The van der Waals surface area contributed by atoms with Crippen molar-refractivity contribution in [2.24, 2.45) is 0 Å². The number of ether oxygens (including phenoxy) is 2. The van der Waals surface area contributed by atoms with E-state index in [9.17, 15) is 19.5 Å². The fourth-order valence-electron chi connectivity index (χ4n) is 4.19. The molecule has 2 aromatic carbocycles. The largest absolute Gasteiger partial charge is 0.494 e. The molecule has 0 radical (unpaired) electrons. The molecule has 0 saturated carbocycles. The normalized spacial score (nSPS) is 13.1. The number of Topliss-reactive ketones (excluding diaryl/α,β-unsaturated/α-hetero) is 1. The molecule has 1 aliphatic carbocycles. The SMILES string of the molecule is CC(C)(C)OC(=O)NCc1ccc(OCCCc2sc(-c3ccc4c(c3)C(=O)CCC4)nc2C(=O)O)cc1. The van der Waals surface area contributed by atoms with Crippen LogP contribution in [-0.4, -0.2) is 40.1 Å². The van der Waals surface area contributed by atoms with Gasteiger partial charge in [-0.2, -0.15) is 0 Å². The lowest BCUT2D eigenvalue weighted by molar-refractivity contribution is 0.0522. The number of carbonyl (C=O) groups is 3. The van der Waals surface area contributed by atoms with Crippen LogP contribution >= 0.6 is 11.3 Å². The molecule has 0 bridgehead atoms. The number of carboxylic acid groups (broad SMARTS) is 1. The molecule has 0 fully saturated rings. The van der Waals surface area contributed by atoms with E-state index in [0.29, 0.717) is 48.0 Å². The summed E-state index contributed by atoms with van der Waals surface area (Å²) >= 11 is 1.35. The highest BCUT2D eigenvalue weighted by Crippen LogP contribution is 2.32. The first kappa shape index (κ1) is 27.3. The number of nitrogens with zero attached hydrogens (tertiary/aromatic N) is 1. The van der Waals surface area contributed by atoms with Crippen LogP contribution in [0.1, 0.15) is 76.9 Å². The lowest BCUT2D eigenvalue weighted by Gasteiger charge is -2.19. The number of hydrogen-bond acceptors (Lipinski definition) is 7. The number of hydrogen-bond donors (Lipinski definition) is 2. The summed E-state index contributed by atoms with van der Waals surface area (Å²) in [7, 11) is 0. The van der Waals surface area contributed by atoms with E-state index in [2.05, 4.69) is 10.3 Å². The maximum atomic E-state index is 12.3. The zero-order valence-electron chi connectivity index (χ0n) is 21.8. The van der Waals surface area contributed by atoms with Crippen molar-refractivity contribution in [1.82, 2.24) is 10.3 Å². The van der Waals surface area contributed by atoms with Gasteiger partial charge in [0.05, 0.1) is 6.61 Å². The number of carbonyl (C=O) groups excluding carboxylic acids is 2. The molecule has 1 aromatic heterocycles. The van der Waals surface area contributed by atoms with Gasteiger partial charge in [-0.25, -0.2) is 14.6 Å². The van der Waals surface area contributed by atoms with E-state index in [1.165, 1.54) is 11.3 Å². The Balaban J connectivity index is 1.31. The lowest BCUT2D eigenvalue weighted by atomic mass is 9.89. The van der Waals surface area contributed by atoms with Crippen LogP contribution in [0.15, 0.2) is 42.5 Å². The third-order valence-corrected chi connectivity index (χ3v) is 7.15. The van der Waals surface area contributed by atoms with Crippen LogP contribution in [-0.2, 0) is 24.1 Å². The minimum atomic E-state index is -1.06. The van der Waals surface area contributed by atoms with Crippen LogP contribution < -0.4 is 10.1 Å². The average molecular weight is 537 g/mol. The number of aryl methyl sites for hydroxylation is 2. The van der Waals surface area contributed by atoms with Crippen LogP contribution in [0, 0.1) is 0 Å². The Bertz CT molecular complexity index is 1320. The van der Waals surface area contributed by atoms with Crippen molar-refractivity contribution in [2.75, 3.05) is 6.61 Å². The van der Waals surface area contributed by atoms with Gasteiger partial charge in [-0.3, -0.25) is 4.79 Å². The van der Waals surface area contributed by atoms with Gasteiger partial charge in [0.25, 0.3) is 0 Å². The molecule has 0 aliphatic heterocycles. The van der Waals surface area contributed by atoms with E-state index in [-0.39, 0.29) is 11.5 Å². The molecule has 1 amide bonds. The van der Waals surface area contributed by atoms with Crippen molar-refractivity contribution in [1.29, 1.82) is 0 Å². The molecule has 0 saturated heterocycles. The van der Waals surface area contributed by atoms with E-state index >= 15 is 0 Å². The minimum absolute atomic E-state index is 0.0517. The lowest BCUT2D eigenvalue weighted by Crippen LogP contribution is -2.32. The van der Waals surface area contributed by atoms with E-state index < -0.39 is 17.7 Å². The van der Waals surface area contributed by atoms with Gasteiger partial charge in [0, 0.05) is 29.0 Å². The number of thiazole rings is 1. The summed E-state index contributed by atoms with van der Waals surface area (Å²) in [4.78, 5) is 41.0. The number of rotatable bonds is 9. The van der Waals surface area contributed by atoms with Gasteiger partial charge in [0.2, 0.25) is 0 Å². The number of ketones is 1. The summed E-state index contributed by atoms with van der Waals surface area (Å²) in [6.07, 6.45) is 2.97. The van der Waals surface area contributed by atoms with Crippen molar-refractivity contribution in [2.45, 2.75) is 65.0 Å². The Morgan fingerprint density at radius 1 is 1.11 bits per heavy atom. The Morgan fingerprint density at radius 3 is 2.58 bits per heavy atom. The molecule has 3 aromatic rings. The summed E-state index contributed by atoms with van der Waals surface area (Å²) < 4.78 is 11.1. The summed E-state index contributed by atoms with van der Waals surface area (Å²) in [6, 6.07) is 13.1. The molecule has 0 unspecified atom stereocenters. The number of nitrogens with one attached hydrogen (secondary N) is 1. The molecule has 38 heavy (non-hydrogen) atoms. The van der Waals surface area contributed by atoms with E-state index in [0.717, 1.165) is 35.1 Å². The first-order valence-electron chi connectivity index (χ1n) is 12.7. The zero-order chi connectivity index (χ0) is 27.3. The number of benzene rings is 2. The predicted molar refractivity (Wildman–Crippen MR) is 145 cm³/mol. The highest BCUT2D eigenvalue weighted by Gasteiger charge is 2.21. The zero-order valence-corrected chi connectivity index (χ0v) is 22.7. The number of aromatic nitrogens is 1. The van der Waals surface area contributed by atoms with Crippen LogP contribution in [0.5, 0.6) is 5.75 Å². The van der Waals surface area contributed by atoms with E-state index in [1.807, 2.05) is 63.2 Å². The second-order valence-electron chi connectivity index (χ2n) is 10.2. The van der Waals surface area contributed by atoms with Crippen molar-refractivity contribution < 1.29 is 29.0 Å². The molecular weight excluding hydrogens is 504 g/mol. The van der Waals surface area contributed by atoms with Gasteiger partial charge in [-0.1, -0.05) is 24.3 Å². The van der Waals surface area contributed by atoms with Gasteiger partial charge in [0.15, 0.2) is 11.5 Å². The summed E-state index contributed by atoms with van der Waals surface area (Å²) in [5.41, 5.74) is 2.96. The summed E-state index contributed by atoms with van der Waals surface area (Å²) in [5, 5.41) is 13.0. The number of alkyl carbamates (subject to hydrolysis) is 1. The fourth-order valence-corrected chi connectivity index (χ4v) is 5.28. The second kappa shape index (κ2) is 11.8. The van der Waals surface area contributed by atoms with Gasteiger partial charge < -0.3 is 19.9 Å². The Hall–Kier alpha value is -3.72. The Kier molecular flexibility index (Phi) is 8.46. The summed E-state index contributed by atoms with van der Waals surface area (Å²) in [6.45, 7) is 6.20. The molecular formula is C29H32N2O6S. The number of fused-ring (bicyclic) bond motifs is 1. The summed E-state index contributed by atoms with van der Waals surface area (Å²) in [5.74, 6) is -0.242. The van der Waals surface area contributed by atoms with Crippen molar-refractivity contribution in [3.8, 4) is 16.3 Å². The number of aromatic carboxylic acids is 1. The topological polar surface area (TPSA) is 115 Å². The predicted octanol–water partition coefficient (Wildman–Crippen LogP) is 6.06. The highest BCUT2D eigenvalue weighted by atomic mass is 32.1. The molecule has 200 valence electrons. The second-order valence-corrected chi connectivity index (χ2v) is 11.3. The van der Waals surface area contributed by atoms with Gasteiger partial charge >= 0.3 is 12.1 Å². The quantitative estimate of drug-likeness (QED) is 0.319. The van der Waals surface area contributed by atoms with Crippen molar-refractivity contribution in [3.05, 3.63) is 69.7 Å². The highest BCUT2D eigenvalue weighted by molar-refractivity contribution is 7.15. The van der Waals surface area contributed by atoms with E-state index in [1.54, 1.807) is 0 Å². The maximum Gasteiger partial charge on any atom is 0.407 e. The van der Waals surface area contributed by atoms with Crippen LogP contribution in [0.3, 0.4) is 0 Å². The molecule has 1 heterocycles. The van der Waals surface area contributed by atoms with Gasteiger partial charge in [-0.05, 0) is 75.8 Å². The van der Waals surface area contributed by atoms with Crippen LogP contribution in [0.25, 0.3) is 10.6 Å². The standard InChI is InChI=1S/C29H32N2O6S/c1-29(2,3)37-28(35)30-17-18-9-13-21(14-10-18)36-15-5-8-24-25(27(33)34)31-26(38-24)20-12-11-19-6-4-7-23(32)22(19)16-20/h9-14,16H,4-8,15,17H2,1-3H3,(H,30,35)(H,33,34). The monoisotopic (exact) mass is 536 g/mol. The maximum absolute atomic E-state index is 12.3.